The first-order chi connectivity index (χ1) is 16.7. The van der Waals surface area contributed by atoms with E-state index in [2.05, 4.69) is 10.6 Å². The van der Waals surface area contributed by atoms with E-state index in [0.717, 1.165) is 41.7 Å². The molecular formula is C26H26ClN3O4S. The van der Waals surface area contributed by atoms with E-state index < -0.39 is 12.0 Å². The molecule has 4 N–H and O–H groups in total. The lowest BCUT2D eigenvalue weighted by molar-refractivity contribution is -0.122. The zero-order valence-corrected chi connectivity index (χ0v) is 21.0. The Morgan fingerprint density at radius 1 is 1.06 bits per heavy atom. The first kappa shape index (κ1) is 24.8. The molecule has 3 aromatic rings. The smallest absolute Gasteiger partial charge is 0.265 e. The van der Waals surface area contributed by atoms with Crippen LogP contribution < -0.4 is 21.1 Å². The molecule has 7 nitrogen and oxygen atoms in total. The van der Waals surface area contributed by atoms with Crippen LogP contribution in [0.1, 0.15) is 56.5 Å². The normalized spacial score (nSPS) is 13.5. The number of thiophene rings is 1. The number of anilines is 2. The molecule has 1 atom stereocenters. The number of ether oxygens (including phenoxy) is 1. The van der Waals surface area contributed by atoms with E-state index in [1.165, 1.54) is 11.3 Å². The fourth-order valence-corrected chi connectivity index (χ4v) is 5.42. The highest BCUT2D eigenvalue weighted by atomic mass is 35.5. The monoisotopic (exact) mass is 511 g/mol. The minimum absolute atomic E-state index is 0.326. The minimum Gasteiger partial charge on any atom is -0.481 e. The van der Waals surface area contributed by atoms with Crippen molar-refractivity contribution in [2.24, 2.45) is 5.73 Å². The average molecular weight is 512 g/mol. The summed E-state index contributed by atoms with van der Waals surface area (Å²) in [5, 5.41) is 6.68. The van der Waals surface area contributed by atoms with E-state index >= 15 is 0 Å². The van der Waals surface area contributed by atoms with E-state index in [9.17, 15) is 14.4 Å². The van der Waals surface area contributed by atoms with Crippen molar-refractivity contribution in [2.75, 3.05) is 10.6 Å². The van der Waals surface area contributed by atoms with Crippen LogP contribution in [0.2, 0.25) is 5.02 Å². The second-order valence-electron chi connectivity index (χ2n) is 8.47. The summed E-state index contributed by atoms with van der Waals surface area (Å²) in [6.45, 7) is 3.52. The largest absolute Gasteiger partial charge is 0.481 e. The van der Waals surface area contributed by atoms with Crippen LogP contribution in [-0.2, 0) is 17.6 Å². The van der Waals surface area contributed by atoms with Gasteiger partial charge < -0.3 is 21.1 Å². The molecule has 0 aliphatic heterocycles. The summed E-state index contributed by atoms with van der Waals surface area (Å²) in [6.07, 6.45) is 2.99. The van der Waals surface area contributed by atoms with Crippen molar-refractivity contribution in [3.63, 3.8) is 0 Å². The highest BCUT2D eigenvalue weighted by Crippen LogP contribution is 2.38. The molecule has 2 aromatic carbocycles. The third-order valence-corrected chi connectivity index (χ3v) is 7.50. The summed E-state index contributed by atoms with van der Waals surface area (Å²) in [5.41, 5.74) is 8.90. The van der Waals surface area contributed by atoms with E-state index in [1.807, 2.05) is 13.0 Å². The number of rotatable bonds is 7. The molecule has 3 amide bonds. The number of hydrogen-bond donors (Lipinski definition) is 3. The fraction of sp³-hybridized carbons (Fsp3) is 0.269. The van der Waals surface area contributed by atoms with Crippen molar-refractivity contribution < 1.29 is 19.1 Å². The minimum atomic E-state index is -0.773. The molecule has 1 aromatic heterocycles. The fourth-order valence-electron chi connectivity index (χ4n) is 3.95. The molecule has 35 heavy (non-hydrogen) atoms. The molecule has 0 saturated carbocycles. The molecule has 1 aliphatic rings. The van der Waals surface area contributed by atoms with Gasteiger partial charge in [-0.3, -0.25) is 14.4 Å². The van der Waals surface area contributed by atoms with Gasteiger partial charge in [-0.05, 0) is 87.1 Å². The Labute approximate surface area is 212 Å². The number of benzene rings is 2. The van der Waals surface area contributed by atoms with Crippen LogP contribution in [0.15, 0.2) is 42.5 Å². The topological polar surface area (TPSA) is 111 Å². The highest BCUT2D eigenvalue weighted by Gasteiger charge is 2.25. The summed E-state index contributed by atoms with van der Waals surface area (Å²) in [6, 6.07) is 11.7. The lowest BCUT2D eigenvalue weighted by Crippen LogP contribution is -2.30. The van der Waals surface area contributed by atoms with Crippen LogP contribution in [0.5, 0.6) is 5.75 Å². The number of halogens is 1. The summed E-state index contributed by atoms with van der Waals surface area (Å²) >= 11 is 7.53. The quantitative estimate of drug-likeness (QED) is 0.397. The third kappa shape index (κ3) is 5.66. The first-order valence-electron chi connectivity index (χ1n) is 11.3. The van der Waals surface area contributed by atoms with Gasteiger partial charge in [0.25, 0.3) is 17.7 Å². The summed E-state index contributed by atoms with van der Waals surface area (Å²) in [5.74, 6) is -0.758. The molecule has 4 rings (SSSR count). The highest BCUT2D eigenvalue weighted by molar-refractivity contribution is 7.17. The Kier molecular flexibility index (Phi) is 7.42. The lowest BCUT2D eigenvalue weighted by atomic mass is 9.95. The van der Waals surface area contributed by atoms with E-state index in [4.69, 9.17) is 22.1 Å². The zero-order valence-electron chi connectivity index (χ0n) is 19.4. The standard InChI is InChI=1S/C26H26ClN3O4S/c1-14-7-10-17(13-20(14)27)29-24(32)15(2)34-18-11-8-16(9-12-18)25(33)30-26-22(23(28)31)19-5-3-4-6-21(19)35-26/h7-13,15H,3-6H2,1-2H3,(H2,28,31)(H,29,32)(H,30,33). The summed E-state index contributed by atoms with van der Waals surface area (Å²) < 4.78 is 5.73. The molecular weight excluding hydrogens is 486 g/mol. The summed E-state index contributed by atoms with van der Waals surface area (Å²) in [4.78, 5) is 38.5. The van der Waals surface area contributed by atoms with Gasteiger partial charge in [-0.25, -0.2) is 0 Å². The lowest BCUT2D eigenvalue weighted by Gasteiger charge is -2.15. The number of primary amides is 1. The van der Waals surface area contributed by atoms with Crippen LogP contribution in [0.25, 0.3) is 0 Å². The van der Waals surface area contributed by atoms with Crippen molar-refractivity contribution in [2.45, 2.75) is 45.6 Å². The van der Waals surface area contributed by atoms with Crippen molar-refractivity contribution in [1.82, 2.24) is 0 Å². The number of carbonyl (C=O) groups excluding carboxylic acids is 3. The predicted molar refractivity (Wildman–Crippen MR) is 139 cm³/mol. The van der Waals surface area contributed by atoms with Gasteiger partial charge in [-0.15, -0.1) is 11.3 Å². The molecule has 182 valence electrons. The SMILES string of the molecule is Cc1ccc(NC(=O)C(C)Oc2ccc(C(=O)Nc3sc4c(c3C(N)=O)CCCC4)cc2)cc1Cl. The Bertz CT molecular complexity index is 1290. The molecule has 0 saturated heterocycles. The van der Waals surface area contributed by atoms with Crippen molar-refractivity contribution in [1.29, 1.82) is 0 Å². The van der Waals surface area contributed by atoms with Gasteiger partial charge in [-0.1, -0.05) is 17.7 Å². The van der Waals surface area contributed by atoms with Crippen LogP contribution in [0, 0.1) is 6.92 Å². The van der Waals surface area contributed by atoms with E-state index in [0.29, 0.717) is 32.6 Å². The molecule has 1 heterocycles. The van der Waals surface area contributed by atoms with Gasteiger partial charge in [0.1, 0.15) is 10.8 Å². The Balaban J connectivity index is 1.39. The number of hydrogen-bond acceptors (Lipinski definition) is 5. The van der Waals surface area contributed by atoms with Crippen LogP contribution >= 0.6 is 22.9 Å². The van der Waals surface area contributed by atoms with Crippen molar-refractivity contribution in [3.05, 3.63) is 74.6 Å². The number of carbonyl (C=O) groups is 3. The van der Waals surface area contributed by atoms with Crippen LogP contribution in [0.3, 0.4) is 0 Å². The van der Waals surface area contributed by atoms with Gasteiger partial charge >= 0.3 is 0 Å². The average Bonchev–Trinajstić information content (AvgIpc) is 3.19. The van der Waals surface area contributed by atoms with Gasteiger partial charge in [-0.2, -0.15) is 0 Å². The van der Waals surface area contributed by atoms with Gasteiger partial charge in [0.2, 0.25) is 0 Å². The second-order valence-corrected chi connectivity index (χ2v) is 9.98. The Morgan fingerprint density at radius 2 is 1.77 bits per heavy atom. The van der Waals surface area contributed by atoms with Gasteiger partial charge in [0, 0.05) is 21.2 Å². The maximum absolute atomic E-state index is 12.8. The maximum Gasteiger partial charge on any atom is 0.265 e. The molecule has 1 unspecified atom stereocenters. The zero-order chi connectivity index (χ0) is 25.1. The molecule has 0 spiro atoms. The van der Waals surface area contributed by atoms with Crippen LogP contribution in [0.4, 0.5) is 10.7 Å². The maximum atomic E-state index is 12.8. The third-order valence-electron chi connectivity index (χ3n) is 5.88. The number of aryl methyl sites for hydroxylation is 2. The van der Waals surface area contributed by atoms with E-state index in [-0.39, 0.29) is 11.8 Å². The molecule has 1 aliphatic carbocycles. The number of fused-ring (bicyclic) bond motifs is 1. The van der Waals surface area contributed by atoms with Crippen LogP contribution in [-0.4, -0.2) is 23.8 Å². The second kappa shape index (κ2) is 10.5. The van der Waals surface area contributed by atoms with E-state index in [1.54, 1.807) is 43.3 Å². The molecule has 0 radical (unpaired) electrons. The summed E-state index contributed by atoms with van der Waals surface area (Å²) in [7, 11) is 0. The van der Waals surface area contributed by atoms with Gasteiger partial charge in [0.05, 0.1) is 5.56 Å². The van der Waals surface area contributed by atoms with Crippen molar-refractivity contribution in [3.8, 4) is 5.75 Å². The molecule has 9 heteroatoms. The van der Waals surface area contributed by atoms with Gasteiger partial charge in [0.15, 0.2) is 6.10 Å². The molecule has 0 bridgehead atoms. The first-order valence-corrected chi connectivity index (χ1v) is 12.5. The Morgan fingerprint density at radius 3 is 2.46 bits per heavy atom. The number of nitrogens with one attached hydrogen (secondary N) is 2. The molecule has 0 fully saturated rings. The predicted octanol–water partition coefficient (Wildman–Crippen LogP) is 5.35. The number of amides is 3. The Hall–Kier alpha value is -3.36. The number of nitrogens with two attached hydrogens (primary N) is 1. The van der Waals surface area contributed by atoms with Crippen molar-refractivity contribution >= 4 is 51.3 Å².